The summed E-state index contributed by atoms with van der Waals surface area (Å²) < 4.78 is 5.56. The van der Waals surface area contributed by atoms with Gasteiger partial charge in [-0.1, -0.05) is 20.8 Å². The van der Waals surface area contributed by atoms with Crippen LogP contribution in [-0.2, 0) is 9.53 Å². The molecule has 94 valence electrons. The van der Waals surface area contributed by atoms with Gasteiger partial charge < -0.3 is 15.0 Å². The topological polar surface area (TPSA) is 41.6 Å². The molecule has 1 aliphatic rings. The summed E-state index contributed by atoms with van der Waals surface area (Å²) in [7, 11) is 0. The molecular weight excluding hydrogens is 204 g/mol. The molecule has 0 bridgehead atoms. The summed E-state index contributed by atoms with van der Waals surface area (Å²) in [6, 6.07) is 0. The number of hydrogen-bond acceptors (Lipinski definition) is 3. The number of nitrogens with one attached hydrogen (secondary N) is 1. The molecule has 1 fully saturated rings. The summed E-state index contributed by atoms with van der Waals surface area (Å²) in [6.07, 6.45) is 1.20. The molecule has 0 saturated carbocycles. The molecule has 0 aromatic heterocycles. The van der Waals surface area contributed by atoms with Crippen LogP contribution in [-0.4, -0.2) is 49.7 Å². The van der Waals surface area contributed by atoms with Crippen LogP contribution in [0, 0.1) is 5.92 Å². The average molecular weight is 228 g/mol. The molecule has 1 rings (SSSR count). The highest BCUT2D eigenvalue weighted by Crippen LogP contribution is 2.11. The smallest absolute Gasteiger partial charge is 0.226 e. The zero-order valence-electron chi connectivity index (χ0n) is 10.7. The first-order chi connectivity index (χ1) is 7.69. The van der Waals surface area contributed by atoms with Crippen LogP contribution in [0.25, 0.3) is 0 Å². The van der Waals surface area contributed by atoms with Gasteiger partial charge in [0.15, 0.2) is 0 Å². The molecule has 1 aliphatic heterocycles. The molecule has 2 unspecified atom stereocenters. The van der Waals surface area contributed by atoms with Gasteiger partial charge in [-0.05, 0) is 13.0 Å². The lowest BCUT2D eigenvalue weighted by Crippen LogP contribution is -2.48. The van der Waals surface area contributed by atoms with E-state index in [0.717, 1.165) is 32.6 Å². The fourth-order valence-corrected chi connectivity index (χ4v) is 1.93. The van der Waals surface area contributed by atoms with Crippen LogP contribution in [0.5, 0.6) is 0 Å². The van der Waals surface area contributed by atoms with E-state index in [4.69, 9.17) is 4.74 Å². The Balaban J connectivity index is 2.40. The van der Waals surface area contributed by atoms with Gasteiger partial charge in [0, 0.05) is 25.6 Å². The van der Waals surface area contributed by atoms with E-state index in [0.29, 0.717) is 6.61 Å². The normalized spacial score (nSPS) is 23.2. The summed E-state index contributed by atoms with van der Waals surface area (Å²) in [5.74, 6) is 0.318. The quantitative estimate of drug-likeness (QED) is 0.759. The van der Waals surface area contributed by atoms with Crippen LogP contribution < -0.4 is 5.32 Å². The van der Waals surface area contributed by atoms with Crippen molar-refractivity contribution in [2.45, 2.75) is 33.3 Å². The monoisotopic (exact) mass is 228 g/mol. The molecule has 1 saturated heterocycles. The first-order valence-electron chi connectivity index (χ1n) is 6.30. The zero-order chi connectivity index (χ0) is 12.0. The second kappa shape index (κ2) is 6.86. The van der Waals surface area contributed by atoms with Gasteiger partial charge in [-0.3, -0.25) is 4.79 Å². The first-order valence-corrected chi connectivity index (χ1v) is 6.30. The highest BCUT2D eigenvalue weighted by Gasteiger charge is 2.25. The van der Waals surface area contributed by atoms with Gasteiger partial charge in [-0.15, -0.1) is 0 Å². The molecule has 1 heterocycles. The van der Waals surface area contributed by atoms with E-state index >= 15 is 0 Å². The second-order valence-corrected chi connectivity index (χ2v) is 4.39. The number of ether oxygens (including phenoxy) is 1. The van der Waals surface area contributed by atoms with Gasteiger partial charge in [0.2, 0.25) is 5.91 Å². The Morgan fingerprint density at radius 2 is 2.31 bits per heavy atom. The van der Waals surface area contributed by atoms with E-state index in [9.17, 15) is 4.79 Å². The van der Waals surface area contributed by atoms with Crippen LogP contribution in [0.3, 0.4) is 0 Å². The van der Waals surface area contributed by atoms with Gasteiger partial charge in [0.1, 0.15) is 0 Å². The van der Waals surface area contributed by atoms with Gasteiger partial charge in [0.05, 0.1) is 12.7 Å². The van der Waals surface area contributed by atoms with Crippen LogP contribution in [0.4, 0.5) is 0 Å². The number of nitrogens with zero attached hydrogens (tertiary/aromatic N) is 1. The zero-order valence-corrected chi connectivity index (χ0v) is 10.7. The first kappa shape index (κ1) is 13.5. The minimum atomic E-state index is 0.0653. The molecule has 4 nitrogen and oxygen atoms in total. The molecule has 16 heavy (non-hydrogen) atoms. The Labute approximate surface area is 98.3 Å². The van der Waals surface area contributed by atoms with Crippen molar-refractivity contribution in [1.29, 1.82) is 0 Å². The molecule has 0 radical (unpaired) electrons. The van der Waals surface area contributed by atoms with Crippen molar-refractivity contribution in [2.24, 2.45) is 5.92 Å². The van der Waals surface area contributed by atoms with E-state index < -0.39 is 0 Å². The number of amides is 1. The maximum Gasteiger partial charge on any atom is 0.226 e. The molecule has 0 aliphatic carbocycles. The van der Waals surface area contributed by atoms with Crippen molar-refractivity contribution < 1.29 is 9.53 Å². The number of morpholine rings is 1. The Morgan fingerprint density at radius 3 is 2.94 bits per heavy atom. The highest BCUT2D eigenvalue weighted by molar-refractivity contribution is 5.78. The van der Waals surface area contributed by atoms with E-state index in [2.05, 4.69) is 19.2 Å². The standard InChI is InChI=1S/C12H24N2O2/c1-4-11-9-14(6-7-16-11)12(15)10(3)8-13-5-2/h10-11,13H,4-9H2,1-3H3. The van der Waals surface area contributed by atoms with Crippen molar-refractivity contribution in [1.82, 2.24) is 10.2 Å². The molecule has 4 heteroatoms. The van der Waals surface area contributed by atoms with Crippen molar-refractivity contribution in [3.05, 3.63) is 0 Å². The summed E-state index contributed by atoms with van der Waals surface area (Å²) in [5, 5.41) is 3.21. The third-order valence-corrected chi connectivity index (χ3v) is 3.03. The van der Waals surface area contributed by atoms with Gasteiger partial charge in [0.25, 0.3) is 0 Å². The van der Waals surface area contributed by atoms with Crippen molar-refractivity contribution in [3.63, 3.8) is 0 Å². The molecule has 1 amide bonds. The van der Waals surface area contributed by atoms with Gasteiger partial charge in [-0.2, -0.15) is 0 Å². The Hall–Kier alpha value is -0.610. The number of hydrogen-bond donors (Lipinski definition) is 1. The summed E-state index contributed by atoms with van der Waals surface area (Å²) in [4.78, 5) is 14.0. The second-order valence-electron chi connectivity index (χ2n) is 4.39. The lowest BCUT2D eigenvalue weighted by molar-refractivity contribution is -0.142. The largest absolute Gasteiger partial charge is 0.375 e. The molecular formula is C12H24N2O2. The van der Waals surface area contributed by atoms with Crippen LogP contribution in [0.2, 0.25) is 0 Å². The highest BCUT2D eigenvalue weighted by atomic mass is 16.5. The molecule has 0 spiro atoms. The fourth-order valence-electron chi connectivity index (χ4n) is 1.93. The lowest BCUT2D eigenvalue weighted by Gasteiger charge is -2.34. The van der Waals surface area contributed by atoms with Crippen LogP contribution in [0.15, 0.2) is 0 Å². The number of rotatable bonds is 5. The van der Waals surface area contributed by atoms with E-state index in [-0.39, 0.29) is 17.9 Å². The van der Waals surface area contributed by atoms with E-state index in [1.165, 1.54) is 0 Å². The van der Waals surface area contributed by atoms with Crippen LogP contribution in [0.1, 0.15) is 27.2 Å². The summed E-state index contributed by atoms with van der Waals surface area (Å²) >= 11 is 0. The maximum absolute atomic E-state index is 12.1. The van der Waals surface area contributed by atoms with E-state index in [1.807, 2.05) is 11.8 Å². The average Bonchev–Trinajstić information content (AvgIpc) is 2.35. The minimum Gasteiger partial charge on any atom is -0.375 e. The van der Waals surface area contributed by atoms with Gasteiger partial charge in [-0.25, -0.2) is 0 Å². The maximum atomic E-state index is 12.1. The SMILES string of the molecule is CCNCC(C)C(=O)N1CCOC(CC)C1. The van der Waals surface area contributed by atoms with Gasteiger partial charge >= 0.3 is 0 Å². The Morgan fingerprint density at radius 1 is 1.56 bits per heavy atom. The predicted octanol–water partition coefficient (Wildman–Crippen LogP) is 0.869. The Kier molecular flexibility index (Phi) is 5.77. The third kappa shape index (κ3) is 3.76. The molecule has 0 aromatic rings. The molecule has 2 atom stereocenters. The minimum absolute atomic E-state index is 0.0653. The fraction of sp³-hybridized carbons (Fsp3) is 0.917. The lowest BCUT2D eigenvalue weighted by atomic mass is 10.1. The van der Waals surface area contributed by atoms with Crippen molar-refractivity contribution in [2.75, 3.05) is 32.8 Å². The van der Waals surface area contributed by atoms with Crippen LogP contribution >= 0.6 is 0 Å². The van der Waals surface area contributed by atoms with E-state index in [1.54, 1.807) is 0 Å². The summed E-state index contributed by atoms with van der Waals surface area (Å²) in [6.45, 7) is 10.00. The summed E-state index contributed by atoms with van der Waals surface area (Å²) in [5.41, 5.74) is 0. The third-order valence-electron chi connectivity index (χ3n) is 3.03. The predicted molar refractivity (Wildman–Crippen MR) is 64.3 cm³/mol. The van der Waals surface area contributed by atoms with Crippen molar-refractivity contribution >= 4 is 5.91 Å². The molecule has 0 aromatic carbocycles. The molecule has 1 N–H and O–H groups in total. The number of carbonyl (C=O) groups excluding carboxylic acids is 1. The van der Waals surface area contributed by atoms with Crippen molar-refractivity contribution in [3.8, 4) is 0 Å². The number of carbonyl (C=O) groups is 1. The Bertz CT molecular complexity index is 221.